The highest BCUT2D eigenvalue weighted by molar-refractivity contribution is 5.73. The molecule has 1 aliphatic heterocycles. The Labute approximate surface area is 219 Å². The van der Waals surface area contributed by atoms with E-state index in [4.69, 9.17) is 18.9 Å². The summed E-state index contributed by atoms with van der Waals surface area (Å²) < 4.78 is 25.4. The maximum Gasteiger partial charge on any atom is 0.217 e. The number of nitrogens with one attached hydrogen (secondary N) is 1. The lowest BCUT2D eigenvalue weighted by atomic mass is 9.92. The summed E-state index contributed by atoms with van der Waals surface area (Å²) in [7, 11) is 0. The topological polar surface area (TPSA) is 66.0 Å². The highest BCUT2D eigenvalue weighted by atomic mass is 16.6. The molecule has 3 unspecified atom stereocenters. The van der Waals surface area contributed by atoms with Gasteiger partial charge in [-0.05, 0) is 16.7 Å². The number of amides is 1. The predicted molar refractivity (Wildman–Crippen MR) is 143 cm³/mol. The van der Waals surface area contributed by atoms with E-state index in [-0.39, 0.29) is 5.91 Å². The van der Waals surface area contributed by atoms with E-state index in [0.29, 0.717) is 26.4 Å². The molecule has 1 heterocycles. The maximum absolute atomic E-state index is 12.2. The van der Waals surface area contributed by atoms with Crippen LogP contribution in [-0.4, -0.2) is 43.0 Å². The van der Waals surface area contributed by atoms with Gasteiger partial charge in [0.05, 0.1) is 38.6 Å². The lowest BCUT2D eigenvalue weighted by Gasteiger charge is -2.46. The summed E-state index contributed by atoms with van der Waals surface area (Å²) in [6.07, 6.45) is -0.174. The van der Waals surface area contributed by atoms with Crippen LogP contribution in [0.4, 0.5) is 0 Å². The number of carbonyl (C=O) groups is 1. The van der Waals surface area contributed by atoms with Crippen LogP contribution in [0, 0.1) is 0 Å². The number of carbonyl (C=O) groups excluding carboxylic acids is 1. The molecule has 1 aliphatic rings. The highest BCUT2D eigenvalue weighted by Crippen LogP contribution is 2.29. The summed E-state index contributed by atoms with van der Waals surface area (Å²) in [6, 6.07) is 29.4. The molecule has 0 spiro atoms. The monoisotopic (exact) mass is 501 g/mol. The first kappa shape index (κ1) is 26.8. The van der Waals surface area contributed by atoms with Crippen LogP contribution in [0.5, 0.6) is 0 Å². The van der Waals surface area contributed by atoms with Gasteiger partial charge in [-0.2, -0.15) is 0 Å². The molecular formula is C31H35NO5. The standard InChI is InChI=1S/C31H35NO5/c1-3-27-29(32-23(2)33)31(36-21-26-17-11-6-12-18-26)30(35-20-25-15-9-5-10-16-25)28(37-27)22-34-19-24-13-7-4-8-14-24/h3-18,27-31H,1,19-22H2,2H3,(H,32,33)/t27-,28?,29?,30-,31?/m0/s1. The van der Waals surface area contributed by atoms with Crippen LogP contribution in [0.25, 0.3) is 0 Å². The molecule has 6 heteroatoms. The molecule has 0 radical (unpaired) electrons. The fourth-order valence-electron chi connectivity index (χ4n) is 4.50. The lowest BCUT2D eigenvalue weighted by Crippen LogP contribution is -2.65. The number of hydrogen-bond acceptors (Lipinski definition) is 5. The molecule has 1 saturated heterocycles. The van der Waals surface area contributed by atoms with Crippen LogP contribution in [0.15, 0.2) is 104 Å². The molecule has 1 amide bonds. The molecule has 3 aromatic rings. The molecule has 0 aromatic heterocycles. The van der Waals surface area contributed by atoms with Gasteiger partial charge in [0.2, 0.25) is 5.91 Å². The predicted octanol–water partition coefficient (Wildman–Crippen LogP) is 4.83. The first-order valence-corrected chi connectivity index (χ1v) is 12.6. The van der Waals surface area contributed by atoms with Crippen molar-refractivity contribution in [2.75, 3.05) is 6.61 Å². The Hall–Kier alpha value is -3.29. The molecule has 5 atom stereocenters. The third kappa shape index (κ3) is 7.84. The third-order valence-electron chi connectivity index (χ3n) is 6.30. The number of benzene rings is 3. The van der Waals surface area contributed by atoms with Crippen molar-refractivity contribution in [3.8, 4) is 0 Å². The van der Waals surface area contributed by atoms with Crippen LogP contribution in [0.3, 0.4) is 0 Å². The van der Waals surface area contributed by atoms with E-state index < -0.39 is 30.5 Å². The quantitative estimate of drug-likeness (QED) is 0.360. The Morgan fingerprint density at radius 3 is 1.78 bits per heavy atom. The van der Waals surface area contributed by atoms with E-state index in [9.17, 15) is 4.79 Å². The van der Waals surface area contributed by atoms with Crippen molar-refractivity contribution >= 4 is 5.91 Å². The van der Waals surface area contributed by atoms with Crippen LogP contribution in [-0.2, 0) is 43.6 Å². The Bertz CT molecular complexity index is 1090. The molecule has 4 rings (SSSR count). The van der Waals surface area contributed by atoms with Crippen molar-refractivity contribution in [2.45, 2.75) is 57.2 Å². The zero-order valence-electron chi connectivity index (χ0n) is 21.2. The summed E-state index contributed by atoms with van der Waals surface area (Å²) in [5, 5.41) is 3.02. The van der Waals surface area contributed by atoms with Gasteiger partial charge in [0.15, 0.2) is 0 Å². The first-order chi connectivity index (χ1) is 18.1. The Morgan fingerprint density at radius 2 is 1.30 bits per heavy atom. The molecule has 1 fully saturated rings. The number of hydrogen-bond donors (Lipinski definition) is 1. The normalized spacial score (nSPS) is 23.3. The van der Waals surface area contributed by atoms with Crippen molar-refractivity contribution in [3.63, 3.8) is 0 Å². The summed E-state index contributed by atoms with van der Waals surface area (Å²) >= 11 is 0. The van der Waals surface area contributed by atoms with Gasteiger partial charge >= 0.3 is 0 Å². The average Bonchev–Trinajstić information content (AvgIpc) is 2.93. The molecule has 37 heavy (non-hydrogen) atoms. The third-order valence-corrected chi connectivity index (χ3v) is 6.30. The minimum atomic E-state index is -0.493. The van der Waals surface area contributed by atoms with Gasteiger partial charge in [0, 0.05) is 6.92 Å². The largest absolute Gasteiger partial charge is 0.374 e. The van der Waals surface area contributed by atoms with E-state index in [1.165, 1.54) is 6.92 Å². The molecule has 0 saturated carbocycles. The van der Waals surface area contributed by atoms with Crippen molar-refractivity contribution in [3.05, 3.63) is 120 Å². The van der Waals surface area contributed by atoms with Crippen molar-refractivity contribution in [2.24, 2.45) is 0 Å². The second-order valence-corrected chi connectivity index (χ2v) is 9.12. The summed E-state index contributed by atoms with van der Waals surface area (Å²) in [6.45, 7) is 6.95. The smallest absolute Gasteiger partial charge is 0.217 e. The second-order valence-electron chi connectivity index (χ2n) is 9.12. The van der Waals surface area contributed by atoms with E-state index in [1.807, 2.05) is 91.0 Å². The Morgan fingerprint density at radius 1 is 0.811 bits per heavy atom. The Balaban J connectivity index is 1.56. The minimum Gasteiger partial charge on any atom is -0.374 e. The van der Waals surface area contributed by atoms with Crippen molar-refractivity contribution in [1.82, 2.24) is 5.32 Å². The second kappa shape index (κ2) is 13.9. The van der Waals surface area contributed by atoms with Gasteiger partial charge < -0.3 is 24.3 Å². The fraction of sp³-hybridized carbons (Fsp3) is 0.323. The molecule has 0 bridgehead atoms. The summed E-state index contributed by atoms with van der Waals surface area (Å²) in [4.78, 5) is 12.2. The molecule has 194 valence electrons. The van der Waals surface area contributed by atoms with Gasteiger partial charge in [-0.25, -0.2) is 0 Å². The Kier molecular flexibility index (Phi) is 10.0. The zero-order valence-corrected chi connectivity index (χ0v) is 21.2. The average molecular weight is 502 g/mol. The number of ether oxygens (including phenoxy) is 4. The molecule has 6 nitrogen and oxygen atoms in total. The first-order valence-electron chi connectivity index (χ1n) is 12.6. The van der Waals surface area contributed by atoms with E-state index in [2.05, 4.69) is 11.9 Å². The van der Waals surface area contributed by atoms with Crippen LogP contribution in [0.1, 0.15) is 23.6 Å². The lowest BCUT2D eigenvalue weighted by molar-refractivity contribution is -0.223. The van der Waals surface area contributed by atoms with Crippen LogP contribution >= 0.6 is 0 Å². The van der Waals surface area contributed by atoms with Gasteiger partial charge in [0.1, 0.15) is 18.3 Å². The van der Waals surface area contributed by atoms with Crippen molar-refractivity contribution < 1.29 is 23.7 Å². The fourth-order valence-corrected chi connectivity index (χ4v) is 4.50. The van der Waals surface area contributed by atoms with Gasteiger partial charge in [-0.15, -0.1) is 6.58 Å². The molecule has 1 N–H and O–H groups in total. The SMILES string of the molecule is C=C[C@@H]1OC(COCc2ccccc2)[C@H](OCc2ccccc2)C(OCc2ccccc2)C1NC(C)=O. The summed E-state index contributed by atoms with van der Waals surface area (Å²) in [5.41, 5.74) is 3.15. The van der Waals surface area contributed by atoms with Crippen molar-refractivity contribution in [1.29, 1.82) is 0 Å². The van der Waals surface area contributed by atoms with Gasteiger partial charge in [-0.1, -0.05) is 97.1 Å². The number of rotatable bonds is 12. The van der Waals surface area contributed by atoms with Crippen LogP contribution < -0.4 is 5.32 Å². The molecule has 3 aromatic carbocycles. The van der Waals surface area contributed by atoms with E-state index in [1.54, 1.807) is 6.08 Å². The zero-order chi connectivity index (χ0) is 25.9. The van der Waals surface area contributed by atoms with Gasteiger partial charge in [-0.3, -0.25) is 4.79 Å². The molecule has 0 aliphatic carbocycles. The summed E-state index contributed by atoms with van der Waals surface area (Å²) in [5.74, 6) is -0.172. The highest BCUT2D eigenvalue weighted by Gasteiger charge is 2.47. The maximum atomic E-state index is 12.2. The van der Waals surface area contributed by atoms with Gasteiger partial charge in [0.25, 0.3) is 0 Å². The van der Waals surface area contributed by atoms with E-state index in [0.717, 1.165) is 16.7 Å². The molecular weight excluding hydrogens is 466 g/mol. The minimum absolute atomic E-state index is 0.172. The van der Waals surface area contributed by atoms with E-state index >= 15 is 0 Å². The van der Waals surface area contributed by atoms with Crippen LogP contribution in [0.2, 0.25) is 0 Å².